The molecule has 3 nitrogen and oxygen atoms in total. The Morgan fingerprint density at radius 1 is 0.811 bits per heavy atom. The van der Waals surface area contributed by atoms with Crippen molar-refractivity contribution in [2.24, 2.45) is 0 Å². The number of nitrogens with one attached hydrogen (secondary N) is 1. The lowest BCUT2D eigenvalue weighted by Crippen LogP contribution is -2.25. The van der Waals surface area contributed by atoms with Crippen LogP contribution < -0.4 is 5.32 Å². The third kappa shape index (κ3) is 5.64. The number of rotatable bonds is 8. The third-order valence-corrected chi connectivity index (χ3v) is 6.92. The lowest BCUT2D eigenvalue weighted by atomic mass is 9.87. The van der Waals surface area contributed by atoms with Gasteiger partial charge in [0.2, 0.25) is 5.91 Å². The van der Waals surface area contributed by atoms with Gasteiger partial charge in [-0.25, -0.2) is 4.39 Å². The monoisotopic (exact) mass is 490 g/mol. The Kier molecular flexibility index (Phi) is 7.18. The van der Waals surface area contributed by atoms with Crippen LogP contribution in [0.3, 0.4) is 0 Å². The van der Waals surface area contributed by atoms with Crippen molar-refractivity contribution in [1.29, 1.82) is 0 Å². The predicted octanol–water partition coefficient (Wildman–Crippen LogP) is 7.28. The van der Waals surface area contributed by atoms with Gasteiger partial charge in [0.25, 0.3) is 0 Å². The van der Waals surface area contributed by atoms with Crippen LogP contribution in [-0.4, -0.2) is 10.5 Å². The molecular weight excluding hydrogens is 459 g/mol. The van der Waals surface area contributed by atoms with Crippen LogP contribution in [0.2, 0.25) is 0 Å². The zero-order valence-corrected chi connectivity index (χ0v) is 21.2. The average Bonchev–Trinajstić information content (AvgIpc) is 3.27. The van der Waals surface area contributed by atoms with E-state index < -0.39 is 5.92 Å². The van der Waals surface area contributed by atoms with Crippen LogP contribution in [0, 0.1) is 19.7 Å². The molecule has 0 spiro atoms. The van der Waals surface area contributed by atoms with Gasteiger partial charge < -0.3 is 9.88 Å². The normalized spacial score (nSPS) is 12.0. The number of aryl methyl sites for hydroxylation is 2. The van der Waals surface area contributed by atoms with Crippen molar-refractivity contribution in [2.75, 3.05) is 0 Å². The summed E-state index contributed by atoms with van der Waals surface area (Å²) in [4.78, 5) is 13.2. The molecule has 0 aliphatic carbocycles. The standard InChI is InChI=1S/C33H31FN2O/c1-23-12-15-26(16-13-23)21-36-22-30(27-10-6-7-11-32(27)36)28(29-18-24(2)14-17-31(29)34)19-33(37)35-20-25-8-4-3-5-9-25/h3-18,22,28H,19-21H2,1-2H3,(H,35,37)/t28-/m1/s1. The van der Waals surface area contributed by atoms with Crippen molar-refractivity contribution < 1.29 is 9.18 Å². The van der Waals surface area contributed by atoms with Crippen LogP contribution in [-0.2, 0) is 17.9 Å². The molecule has 4 aromatic carbocycles. The van der Waals surface area contributed by atoms with E-state index in [1.165, 1.54) is 17.2 Å². The number of para-hydroxylation sites is 1. The zero-order chi connectivity index (χ0) is 25.8. The molecular formula is C33H31FN2O. The number of hydrogen-bond acceptors (Lipinski definition) is 1. The number of benzene rings is 4. The van der Waals surface area contributed by atoms with E-state index in [2.05, 4.69) is 59.4 Å². The van der Waals surface area contributed by atoms with Gasteiger partial charge in [-0.15, -0.1) is 0 Å². The van der Waals surface area contributed by atoms with Gasteiger partial charge in [-0.1, -0.05) is 96.1 Å². The van der Waals surface area contributed by atoms with Crippen LogP contribution in [0.4, 0.5) is 4.39 Å². The van der Waals surface area contributed by atoms with E-state index in [0.717, 1.165) is 27.6 Å². The van der Waals surface area contributed by atoms with Crippen molar-refractivity contribution in [1.82, 2.24) is 9.88 Å². The quantitative estimate of drug-likeness (QED) is 0.244. The molecule has 0 radical (unpaired) electrons. The molecule has 1 N–H and O–H groups in total. The second-order valence-corrected chi connectivity index (χ2v) is 9.76. The Morgan fingerprint density at radius 2 is 1.51 bits per heavy atom. The summed E-state index contributed by atoms with van der Waals surface area (Å²) in [5, 5.41) is 4.07. The fourth-order valence-corrected chi connectivity index (χ4v) is 4.95. The van der Waals surface area contributed by atoms with Crippen LogP contribution >= 0.6 is 0 Å². The molecule has 1 atom stereocenters. The molecule has 4 heteroatoms. The van der Waals surface area contributed by atoms with Gasteiger partial charge >= 0.3 is 0 Å². The Bertz CT molecular complexity index is 1520. The van der Waals surface area contributed by atoms with Gasteiger partial charge in [-0.05, 0) is 48.2 Å². The molecule has 5 rings (SSSR count). The first-order chi connectivity index (χ1) is 18.0. The summed E-state index contributed by atoms with van der Waals surface area (Å²) in [5.74, 6) is -0.813. The van der Waals surface area contributed by atoms with Gasteiger partial charge in [0, 0.05) is 42.5 Å². The van der Waals surface area contributed by atoms with Gasteiger partial charge in [-0.3, -0.25) is 4.79 Å². The summed E-state index contributed by atoms with van der Waals surface area (Å²) in [7, 11) is 0. The summed E-state index contributed by atoms with van der Waals surface area (Å²) in [6.45, 7) is 5.18. The molecule has 0 fully saturated rings. The number of carbonyl (C=O) groups excluding carboxylic acids is 1. The molecule has 1 amide bonds. The summed E-state index contributed by atoms with van der Waals surface area (Å²) in [6, 6.07) is 31.7. The zero-order valence-electron chi connectivity index (χ0n) is 21.2. The highest BCUT2D eigenvalue weighted by Crippen LogP contribution is 2.36. The number of aromatic nitrogens is 1. The van der Waals surface area contributed by atoms with E-state index in [0.29, 0.717) is 18.7 Å². The van der Waals surface area contributed by atoms with E-state index in [-0.39, 0.29) is 18.1 Å². The summed E-state index contributed by atoms with van der Waals surface area (Å²) in [6.07, 6.45) is 2.26. The molecule has 0 bridgehead atoms. The number of carbonyl (C=O) groups is 1. The first-order valence-corrected chi connectivity index (χ1v) is 12.7. The number of nitrogens with zero attached hydrogens (tertiary/aromatic N) is 1. The van der Waals surface area contributed by atoms with Crippen LogP contribution in [0.25, 0.3) is 10.9 Å². The second kappa shape index (κ2) is 10.8. The van der Waals surface area contributed by atoms with Crippen LogP contribution in [0.15, 0.2) is 103 Å². The summed E-state index contributed by atoms with van der Waals surface area (Å²) in [5.41, 5.74) is 6.99. The highest BCUT2D eigenvalue weighted by molar-refractivity contribution is 5.87. The topological polar surface area (TPSA) is 34.0 Å². The lowest BCUT2D eigenvalue weighted by Gasteiger charge is -2.19. The smallest absolute Gasteiger partial charge is 0.221 e. The molecule has 186 valence electrons. The second-order valence-electron chi connectivity index (χ2n) is 9.76. The average molecular weight is 491 g/mol. The molecule has 0 saturated carbocycles. The minimum absolute atomic E-state index is 0.106. The lowest BCUT2D eigenvalue weighted by molar-refractivity contribution is -0.121. The van der Waals surface area contributed by atoms with Crippen LogP contribution in [0.1, 0.15) is 45.7 Å². The molecule has 0 aliphatic rings. The maximum atomic E-state index is 15.3. The number of amides is 1. The van der Waals surface area contributed by atoms with Gasteiger partial charge in [-0.2, -0.15) is 0 Å². The third-order valence-electron chi connectivity index (χ3n) is 6.92. The van der Waals surface area contributed by atoms with Crippen molar-refractivity contribution in [3.8, 4) is 0 Å². The molecule has 37 heavy (non-hydrogen) atoms. The first kappa shape index (κ1) is 24.5. The Labute approximate surface area is 217 Å². The van der Waals surface area contributed by atoms with Crippen molar-refractivity contribution in [3.05, 3.63) is 142 Å². The summed E-state index contributed by atoms with van der Waals surface area (Å²) >= 11 is 0. The SMILES string of the molecule is Cc1ccc(Cn2cc([C@H](CC(=O)NCc3ccccc3)c3cc(C)ccc3F)c3ccccc32)cc1. The van der Waals surface area contributed by atoms with E-state index in [1.54, 1.807) is 6.07 Å². The van der Waals surface area contributed by atoms with E-state index >= 15 is 4.39 Å². The predicted molar refractivity (Wildman–Crippen MR) is 148 cm³/mol. The molecule has 0 unspecified atom stereocenters. The van der Waals surface area contributed by atoms with Gasteiger partial charge in [0.1, 0.15) is 5.82 Å². The highest BCUT2D eigenvalue weighted by atomic mass is 19.1. The minimum atomic E-state index is -0.417. The maximum Gasteiger partial charge on any atom is 0.221 e. The van der Waals surface area contributed by atoms with E-state index in [1.807, 2.05) is 55.5 Å². The highest BCUT2D eigenvalue weighted by Gasteiger charge is 2.25. The van der Waals surface area contributed by atoms with Crippen molar-refractivity contribution in [3.63, 3.8) is 0 Å². The minimum Gasteiger partial charge on any atom is -0.352 e. The molecule has 1 aromatic heterocycles. The Morgan fingerprint density at radius 3 is 2.30 bits per heavy atom. The Balaban J connectivity index is 1.53. The van der Waals surface area contributed by atoms with E-state index in [9.17, 15) is 4.79 Å². The maximum absolute atomic E-state index is 15.3. The molecule has 5 aromatic rings. The number of hydrogen-bond donors (Lipinski definition) is 1. The fraction of sp³-hybridized carbons (Fsp3) is 0.182. The fourth-order valence-electron chi connectivity index (χ4n) is 4.95. The van der Waals surface area contributed by atoms with Crippen molar-refractivity contribution in [2.45, 2.75) is 39.3 Å². The van der Waals surface area contributed by atoms with Crippen LogP contribution in [0.5, 0.6) is 0 Å². The largest absolute Gasteiger partial charge is 0.352 e. The van der Waals surface area contributed by atoms with Crippen molar-refractivity contribution >= 4 is 16.8 Å². The molecule has 1 heterocycles. The van der Waals surface area contributed by atoms with Gasteiger partial charge in [0.15, 0.2) is 0 Å². The summed E-state index contributed by atoms with van der Waals surface area (Å²) < 4.78 is 17.5. The molecule has 0 saturated heterocycles. The van der Waals surface area contributed by atoms with E-state index in [4.69, 9.17) is 0 Å². The Hall–Kier alpha value is -4.18. The number of halogens is 1. The first-order valence-electron chi connectivity index (χ1n) is 12.7. The molecule has 0 aliphatic heterocycles. The number of fused-ring (bicyclic) bond motifs is 1. The van der Waals surface area contributed by atoms with Gasteiger partial charge in [0.05, 0.1) is 0 Å².